The van der Waals surface area contributed by atoms with E-state index in [1.807, 2.05) is 13.8 Å². The van der Waals surface area contributed by atoms with Crippen LogP contribution in [0.3, 0.4) is 0 Å². The maximum Gasteiger partial charge on any atom is 0.265 e. The average Bonchev–Trinajstić information content (AvgIpc) is 2.96. The van der Waals surface area contributed by atoms with Crippen LogP contribution in [0.25, 0.3) is 0 Å². The number of para-hydroxylation sites is 2. The molecule has 0 unspecified atom stereocenters. The fraction of sp³-hybridized carbons (Fsp3) is 0.350. The summed E-state index contributed by atoms with van der Waals surface area (Å²) in [5, 5.41) is 0. The van der Waals surface area contributed by atoms with Crippen molar-refractivity contribution in [2.75, 3.05) is 21.4 Å². The minimum absolute atomic E-state index is 0.0325. The summed E-state index contributed by atoms with van der Waals surface area (Å²) in [7, 11) is -8.07. The molecule has 1 heterocycles. The number of hydrogen-bond acceptors (Lipinski definition) is 7. The van der Waals surface area contributed by atoms with E-state index in [1.54, 1.807) is 31.2 Å². The first kappa shape index (κ1) is 22.9. The summed E-state index contributed by atoms with van der Waals surface area (Å²) in [4.78, 5) is 11.8. The number of rotatable bonds is 8. The lowest BCUT2D eigenvalue weighted by molar-refractivity contribution is -0.116. The largest absolute Gasteiger partial charge is 0.492 e. The van der Waals surface area contributed by atoms with Crippen molar-refractivity contribution in [3.8, 4) is 11.5 Å². The molecule has 1 N–H and O–H groups in total. The topological polar surface area (TPSA) is 119 Å². The first-order valence-corrected chi connectivity index (χ1v) is 12.8. The van der Waals surface area contributed by atoms with Crippen LogP contribution < -0.4 is 18.5 Å². The number of benzene rings is 2. The molecular formula is C20H24N2O7S2. The third-order valence-electron chi connectivity index (χ3n) is 4.32. The summed E-state index contributed by atoms with van der Waals surface area (Å²) >= 11 is 0. The lowest BCUT2D eigenvalue weighted by Gasteiger charge is -2.19. The predicted molar refractivity (Wildman–Crippen MR) is 117 cm³/mol. The zero-order valence-electron chi connectivity index (χ0n) is 17.4. The van der Waals surface area contributed by atoms with E-state index in [1.165, 1.54) is 12.1 Å². The van der Waals surface area contributed by atoms with E-state index in [2.05, 4.69) is 4.72 Å². The Balaban J connectivity index is 2.07. The highest BCUT2D eigenvalue weighted by Gasteiger charge is 2.37. The van der Waals surface area contributed by atoms with Crippen LogP contribution in [-0.2, 0) is 24.8 Å². The summed E-state index contributed by atoms with van der Waals surface area (Å²) in [6, 6.07) is 10.4. The molecule has 1 aliphatic rings. The lowest BCUT2D eigenvalue weighted by atomic mass is 10.3. The molecule has 3 rings (SSSR count). The first-order chi connectivity index (χ1) is 14.5. The van der Waals surface area contributed by atoms with Crippen molar-refractivity contribution in [3.63, 3.8) is 0 Å². The fourth-order valence-corrected chi connectivity index (χ4v) is 5.77. The summed E-state index contributed by atoms with van der Waals surface area (Å²) in [6.45, 7) is 5.51. The van der Waals surface area contributed by atoms with Gasteiger partial charge in [0.15, 0.2) is 0 Å². The highest BCUT2D eigenvalue weighted by atomic mass is 32.2. The van der Waals surface area contributed by atoms with Crippen molar-refractivity contribution < 1.29 is 31.1 Å². The summed E-state index contributed by atoms with van der Waals surface area (Å²) in [5.74, 6) is -0.562. The maximum atomic E-state index is 13.2. The minimum Gasteiger partial charge on any atom is -0.492 e. The first-order valence-electron chi connectivity index (χ1n) is 9.66. The van der Waals surface area contributed by atoms with E-state index in [0.29, 0.717) is 10.1 Å². The van der Waals surface area contributed by atoms with Crippen LogP contribution in [0.2, 0.25) is 0 Å². The fourth-order valence-electron chi connectivity index (χ4n) is 3.08. The van der Waals surface area contributed by atoms with E-state index < -0.39 is 26.0 Å². The third kappa shape index (κ3) is 4.93. The molecule has 0 spiro atoms. The molecular weight excluding hydrogens is 444 g/mol. The summed E-state index contributed by atoms with van der Waals surface area (Å²) in [6.07, 6.45) is -0.338. The van der Waals surface area contributed by atoms with Gasteiger partial charge >= 0.3 is 0 Å². The molecule has 168 valence electrons. The second-order valence-corrected chi connectivity index (χ2v) is 10.6. The van der Waals surface area contributed by atoms with Gasteiger partial charge in [-0.05, 0) is 51.1 Å². The van der Waals surface area contributed by atoms with Gasteiger partial charge in [-0.3, -0.25) is 9.52 Å². The Morgan fingerprint density at radius 2 is 1.84 bits per heavy atom. The van der Waals surface area contributed by atoms with Crippen LogP contribution in [-0.4, -0.2) is 41.2 Å². The van der Waals surface area contributed by atoms with Crippen LogP contribution in [0.15, 0.2) is 47.4 Å². The molecule has 0 aromatic heterocycles. The van der Waals surface area contributed by atoms with Gasteiger partial charge in [-0.25, -0.2) is 21.1 Å². The van der Waals surface area contributed by atoms with Gasteiger partial charge in [0, 0.05) is 6.42 Å². The molecule has 1 fully saturated rings. The number of nitrogens with one attached hydrogen (secondary N) is 1. The molecule has 2 aromatic carbocycles. The van der Waals surface area contributed by atoms with E-state index in [-0.39, 0.29) is 46.9 Å². The molecule has 0 aliphatic carbocycles. The summed E-state index contributed by atoms with van der Waals surface area (Å²) < 4.78 is 65.3. The van der Waals surface area contributed by atoms with Crippen molar-refractivity contribution in [1.29, 1.82) is 0 Å². The second-order valence-electron chi connectivity index (χ2n) is 7.06. The molecule has 0 atom stereocenters. The molecule has 0 saturated carbocycles. The number of carbonyl (C=O) groups excluding carboxylic acids is 1. The van der Waals surface area contributed by atoms with Crippen molar-refractivity contribution >= 4 is 37.3 Å². The van der Waals surface area contributed by atoms with Crippen LogP contribution in [0.1, 0.15) is 27.2 Å². The SMILES string of the molecule is CCOc1ccc(N2C(=O)CCS2(=O)=O)cc1S(=O)(=O)Nc1ccccc1OC(C)C. The van der Waals surface area contributed by atoms with Gasteiger partial charge in [-0.15, -0.1) is 0 Å². The Morgan fingerprint density at radius 1 is 1.13 bits per heavy atom. The van der Waals surface area contributed by atoms with Crippen LogP contribution in [0.5, 0.6) is 11.5 Å². The number of sulfonamides is 2. The van der Waals surface area contributed by atoms with Crippen molar-refractivity contribution in [2.24, 2.45) is 0 Å². The third-order valence-corrected chi connectivity index (χ3v) is 7.40. The molecule has 1 amide bonds. The van der Waals surface area contributed by atoms with E-state index in [9.17, 15) is 21.6 Å². The molecule has 1 saturated heterocycles. The Kier molecular flexibility index (Phi) is 6.46. The average molecular weight is 469 g/mol. The Labute approximate surface area is 182 Å². The number of anilines is 2. The zero-order chi connectivity index (χ0) is 22.8. The molecule has 2 aromatic rings. The van der Waals surface area contributed by atoms with Crippen molar-refractivity contribution in [1.82, 2.24) is 0 Å². The number of amides is 1. The quantitative estimate of drug-likeness (QED) is 0.633. The van der Waals surface area contributed by atoms with Crippen LogP contribution >= 0.6 is 0 Å². The molecule has 31 heavy (non-hydrogen) atoms. The number of hydrogen-bond donors (Lipinski definition) is 1. The Bertz CT molecular complexity index is 1190. The number of ether oxygens (including phenoxy) is 2. The van der Waals surface area contributed by atoms with Gasteiger partial charge < -0.3 is 9.47 Å². The van der Waals surface area contributed by atoms with Gasteiger partial charge in [0.05, 0.1) is 29.8 Å². The van der Waals surface area contributed by atoms with Gasteiger partial charge in [0.1, 0.15) is 16.4 Å². The second kappa shape index (κ2) is 8.75. The molecule has 1 aliphatic heterocycles. The van der Waals surface area contributed by atoms with Crippen LogP contribution in [0.4, 0.5) is 11.4 Å². The van der Waals surface area contributed by atoms with Gasteiger partial charge in [0.25, 0.3) is 10.0 Å². The van der Waals surface area contributed by atoms with E-state index >= 15 is 0 Å². The van der Waals surface area contributed by atoms with Gasteiger partial charge in [-0.2, -0.15) is 0 Å². The molecule has 9 nitrogen and oxygen atoms in total. The Hall–Kier alpha value is -2.79. The highest BCUT2D eigenvalue weighted by molar-refractivity contribution is 7.94. The molecule has 0 radical (unpaired) electrons. The standard InChI is InChI=1S/C20H24N2O7S2/c1-4-28-18-10-9-15(22-20(23)11-12-30(22,24)25)13-19(18)31(26,27)21-16-7-5-6-8-17(16)29-14(2)3/h5-10,13-14,21H,4,11-12H2,1-3H3. The molecule has 0 bridgehead atoms. The molecule has 11 heteroatoms. The van der Waals surface area contributed by atoms with Crippen molar-refractivity contribution in [2.45, 2.75) is 38.2 Å². The monoisotopic (exact) mass is 468 g/mol. The Morgan fingerprint density at radius 3 is 2.45 bits per heavy atom. The smallest absolute Gasteiger partial charge is 0.265 e. The predicted octanol–water partition coefficient (Wildman–Crippen LogP) is 2.74. The van der Waals surface area contributed by atoms with E-state index in [4.69, 9.17) is 9.47 Å². The van der Waals surface area contributed by atoms with Crippen molar-refractivity contribution in [3.05, 3.63) is 42.5 Å². The minimum atomic E-state index is -4.22. The summed E-state index contributed by atoms with van der Waals surface area (Å²) in [5.41, 5.74) is 0.159. The number of nitrogens with zero attached hydrogens (tertiary/aromatic N) is 1. The maximum absolute atomic E-state index is 13.2. The normalized spacial score (nSPS) is 15.9. The van der Waals surface area contributed by atoms with Crippen LogP contribution in [0, 0.1) is 0 Å². The number of carbonyl (C=O) groups is 1. The lowest BCUT2D eigenvalue weighted by Crippen LogP contribution is -2.29. The highest BCUT2D eigenvalue weighted by Crippen LogP contribution is 2.35. The zero-order valence-corrected chi connectivity index (χ0v) is 19.0. The van der Waals surface area contributed by atoms with Gasteiger partial charge in [-0.1, -0.05) is 12.1 Å². The van der Waals surface area contributed by atoms with Gasteiger partial charge in [0.2, 0.25) is 15.9 Å². The van der Waals surface area contributed by atoms with E-state index in [0.717, 1.165) is 6.07 Å².